The third kappa shape index (κ3) is 5.46. The number of nitrogens with zero attached hydrogens (tertiary/aromatic N) is 1. The largest absolute Gasteiger partial charge is 0.344 e. The Bertz CT molecular complexity index is 1450. The van der Waals surface area contributed by atoms with Crippen LogP contribution in [0.1, 0.15) is 34.3 Å². The standard InChI is InChI=1S/C27H19ClFN3O3S/c28-21-15-18(23-6-3-13-36-23)14-20(24(21)29)27(9-10-27)8-7-22(33)19-5-2-1-4-17(19)16-32-26(35)25(34)31-12-11-30/h1-6,13-15H,9-10,12,16H2,(H,31,34)(H,32,35). The highest BCUT2D eigenvalue weighted by Gasteiger charge is 2.45. The molecule has 1 saturated carbocycles. The molecular weight excluding hydrogens is 501 g/mol. The van der Waals surface area contributed by atoms with E-state index in [-0.39, 0.29) is 23.7 Å². The molecule has 0 bridgehead atoms. The van der Waals surface area contributed by atoms with Crippen molar-refractivity contribution < 1.29 is 18.8 Å². The number of nitriles is 1. The molecule has 36 heavy (non-hydrogen) atoms. The zero-order chi connectivity index (χ0) is 25.7. The zero-order valence-corrected chi connectivity index (χ0v) is 20.4. The van der Waals surface area contributed by atoms with Crippen LogP contribution >= 0.6 is 22.9 Å². The molecule has 1 fully saturated rings. The van der Waals surface area contributed by atoms with Gasteiger partial charge in [-0.2, -0.15) is 5.26 Å². The number of Topliss-reactive ketones (excluding diaryl/α,β-unsaturated/α-hetero) is 1. The summed E-state index contributed by atoms with van der Waals surface area (Å²) in [4.78, 5) is 37.5. The van der Waals surface area contributed by atoms with Gasteiger partial charge in [0.05, 0.1) is 16.5 Å². The van der Waals surface area contributed by atoms with Crippen molar-refractivity contribution in [2.45, 2.75) is 24.8 Å². The summed E-state index contributed by atoms with van der Waals surface area (Å²) in [5, 5.41) is 15.0. The predicted molar refractivity (Wildman–Crippen MR) is 135 cm³/mol. The van der Waals surface area contributed by atoms with Gasteiger partial charge in [0, 0.05) is 22.5 Å². The first-order valence-electron chi connectivity index (χ1n) is 11.0. The Morgan fingerprint density at radius 1 is 1.08 bits per heavy atom. The monoisotopic (exact) mass is 519 g/mol. The molecule has 1 heterocycles. The van der Waals surface area contributed by atoms with Gasteiger partial charge in [0.15, 0.2) is 0 Å². The highest BCUT2D eigenvalue weighted by molar-refractivity contribution is 7.13. The van der Waals surface area contributed by atoms with Crippen LogP contribution in [-0.4, -0.2) is 24.1 Å². The van der Waals surface area contributed by atoms with E-state index in [1.807, 2.05) is 17.5 Å². The summed E-state index contributed by atoms with van der Waals surface area (Å²) in [5.74, 6) is 2.75. The van der Waals surface area contributed by atoms with E-state index in [2.05, 4.69) is 22.5 Å². The Balaban J connectivity index is 1.54. The molecule has 0 saturated heterocycles. The van der Waals surface area contributed by atoms with E-state index in [0.717, 1.165) is 10.4 Å². The van der Waals surface area contributed by atoms with E-state index in [4.69, 9.17) is 16.9 Å². The van der Waals surface area contributed by atoms with Crippen molar-refractivity contribution in [3.63, 3.8) is 0 Å². The lowest BCUT2D eigenvalue weighted by Gasteiger charge is -2.13. The fourth-order valence-electron chi connectivity index (χ4n) is 3.70. The smallest absolute Gasteiger partial charge is 0.310 e. The van der Waals surface area contributed by atoms with E-state index in [1.54, 1.807) is 42.5 Å². The summed E-state index contributed by atoms with van der Waals surface area (Å²) in [7, 11) is 0. The normalized spacial score (nSPS) is 13.0. The minimum atomic E-state index is -0.943. The number of benzene rings is 2. The average Bonchev–Trinajstić information content (AvgIpc) is 3.47. The Morgan fingerprint density at radius 3 is 2.53 bits per heavy atom. The van der Waals surface area contributed by atoms with Crippen molar-refractivity contribution >= 4 is 40.5 Å². The molecule has 0 aliphatic heterocycles. The lowest BCUT2D eigenvalue weighted by atomic mass is 9.93. The van der Waals surface area contributed by atoms with E-state index in [9.17, 15) is 14.4 Å². The number of nitrogens with one attached hydrogen (secondary N) is 2. The van der Waals surface area contributed by atoms with E-state index < -0.39 is 28.8 Å². The number of hydrogen-bond donors (Lipinski definition) is 2. The fraction of sp³-hybridized carbons (Fsp3) is 0.185. The molecule has 2 aromatic carbocycles. The zero-order valence-electron chi connectivity index (χ0n) is 18.9. The maximum atomic E-state index is 15.0. The Morgan fingerprint density at radius 2 is 1.83 bits per heavy atom. The molecule has 6 nitrogen and oxygen atoms in total. The van der Waals surface area contributed by atoms with Crippen LogP contribution in [0.5, 0.6) is 0 Å². The van der Waals surface area contributed by atoms with Crippen molar-refractivity contribution in [2.75, 3.05) is 6.54 Å². The lowest BCUT2D eigenvalue weighted by molar-refractivity contribution is -0.139. The number of carbonyl (C=O) groups is 3. The van der Waals surface area contributed by atoms with Crippen LogP contribution in [0.2, 0.25) is 5.02 Å². The minimum Gasteiger partial charge on any atom is -0.344 e. The maximum absolute atomic E-state index is 15.0. The first kappa shape index (κ1) is 25.1. The summed E-state index contributed by atoms with van der Waals surface area (Å²) in [6.45, 7) is -0.374. The Kier molecular flexibility index (Phi) is 7.49. The first-order valence-corrected chi connectivity index (χ1v) is 12.2. The van der Waals surface area contributed by atoms with Crippen LogP contribution < -0.4 is 10.6 Å². The number of rotatable bonds is 6. The van der Waals surface area contributed by atoms with Crippen LogP contribution in [-0.2, 0) is 21.5 Å². The topological polar surface area (TPSA) is 99.1 Å². The molecule has 180 valence electrons. The van der Waals surface area contributed by atoms with Gasteiger partial charge < -0.3 is 10.6 Å². The van der Waals surface area contributed by atoms with Crippen molar-refractivity contribution in [3.05, 3.63) is 81.4 Å². The van der Waals surface area contributed by atoms with Crippen molar-refractivity contribution in [3.8, 4) is 28.4 Å². The van der Waals surface area contributed by atoms with Crippen LogP contribution in [0, 0.1) is 29.0 Å². The second-order valence-corrected chi connectivity index (χ2v) is 9.49. The molecule has 1 aromatic heterocycles. The first-order chi connectivity index (χ1) is 17.3. The summed E-state index contributed by atoms with van der Waals surface area (Å²) >= 11 is 7.71. The molecule has 0 atom stereocenters. The van der Waals surface area contributed by atoms with Crippen molar-refractivity contribution in [2.24, 2.45) is 0 Å². The molecule has 9 heteroatoms. The quantitative estimate of drug-likeness (QED) is 0.166. The predicted octanol–water partition coefficient (Wildman–Crippen LogP) is 4.38. The fourth-order valence-corrected chi connectivity index (χ4v) is 4.64. The van der Waals surface area contributed by atoms with E-state index in [1.165, 1.54) is 11.3 Å². The maximum Gasteiger partial charge on any atom is 0.310 e. The van der Waals surface area contributed by atoms with Crippen molar-refractivity contribution in [1.82, 2.24) is 10.6 Å². The van der Waals surface area contributed by atoms with Crippen LogP contribution in [0.25, 0.3) is 10.4 Å². The van der Waals surface area contributed by atoms with Crippen LogP contribution in [0.15, 0.2) is 53.9 Å². The SMILES string of the molecule is N#CCNC(=O)C(=O)NCc1ccccc1C(=O)C#CC1(c2cc(-c3cccs3)cc(Cl)c2F)CC1. The Hall–Kier alpha value is -3.98. The molecule has 2 N–H and O–H groups in total. The summed E-state index contributed by atoms with van der Waals surface area (Å²) in [6, 6.07) is 15.4. The third-order valence-corrected chi connectivity index (χ3v) is 6.94. The van der Waals surface area contributed by atoms with Gasteiger partial charge in [-0.05, 0) is 53.5 Å². The van der Waals surface area contributed by atoms with Gasteiger partial charge in [-0.25, -0.2) is 4.39 Å². The molecule has 1 aliphatic rings. The van der Waals surface area contributed by atoms with Gasteiger partial charge >= 0.3 is 11.8 Å². The molecule has 1 aliphatic carbocycles. The average molecular weight is 520 g/mol. The van der Waals surface area contributed by atoms with Gasteiger partial charge in [0.2, 0.25) is 5.78 Å². The van der Waals surface area contributed by atoms with Gasteiger partial charge in [-0.15, -0.1) is 11.3 Å². The second kappa shape index (κ2) is 10.7. The number of hydrogen-bond acceptors (Lipinski definition) is 5. The molecular formula is C27H19ClFN3O3S. The highest BCUT2D eigenvalue weighted by Crippen LogP contribution is 2.50. The summed E-state index contributed by atoms with van der Waals surface area (Å²) in [6.07, 6.45) is 1.20. The number of ketones is 1. The van der Waals surface area contributed by atoms with Crippen molar-refractivity contribution in [1.29, 1.82) is 5.26 Å². The van der Waals surface area contributed by atoms with Crippen LogP contribution in [0.4, 0.5) is 4.39 Å². The molecule has 0 radical (unpaired) electrons. The lowest BCUT2D eigenvalue weighted by Crippen LogP contribution is -2.39. The van der Waals surface area contributed by atoms with E-state index in [0.29, 0.717) is 24.0 Å². The number of halogens is 2. The number of amides is 2. The van der Waals surface area contributed by atoms with Gasteiger partial charge in [0.25, 0.3) is 0 Å². The molecule has 2 amide bonds. The molecule has 4 rings (SSSR count). The number of carbonyl (C=O) groups excluding carboxylic acids is 3. The van der Waals surface area contributed by atoms with Gasteiger partial charge in [0.1, 0.15) is 12.4 Å². The van der Waals surface area contributed by atoms with Crippen LogP contribution in [0.3, 0.4) is 0 Å². The number of thiophene rings is 1. The van der Waals surface area contributed by atoms with Gasteiger partial charge in [-0.1, -0.05) is 47.9 Å². The molecule has 3 aromatic rings. The van der Waals surface area contributed by atoms with Gasteiger partial charge in [-0.3, -0.25) is 14.4 Å². The third-order valence-electron chi connectivity index (χ3n) is 5.75. The molecule has 0 unspecified atom stereocenters. The summed E-state index contributed by atoms with van der Waals surface area (Å²) in [5.41, 5.74) is 1.12. The highest BCUT2D eigenvalue weighted by atomic mass is 35.5. The summed E-state index contributed by atoms with van der Waals surface area (Å²) < 4.78 is 15.0. The van der Waals surface area contributed by atoms with E-state index >= 15 is 4.39 Å². The second-order valence-electron chi connectivity index (χ2n) is 8.14. The minimum absolute atomic E-state index is 0.00944. The molecule has 0 spiro atoms. The Labute approximate surface area is 216 Å².